The maximum atomic E-state index is 12.0. The Bertz CT molecular complexity index is 544. The number of allylic oxidation sites excluding steroid dienone is 5. The van der Waals surface area contributed by atoms with Gasteiger partial charge in [0.25, 0.3) is 0 Å². The van der Waals surface area contributed by atoms with E-state index in [-0.39, 0.29) is 5.57 Å². The van der Waals surface area contributed by atoms with E-state index < -0.39 is 34.3 Å². The highest BCUT2D eigenvalue weighted by molar-refractivity contribution is 6.31. The third kappa shape index (κ3) is 2.51. The summed E-state index contributed by atoms with van der Waals surface area (Å²) in [6.07, 6.45) is 5.93. The number of carbonyl (C=O) groups excluding carboxylic acids is 2. The molecule has 0 heterocycles. The SMILES string of the molecule is C/C=C/C=C/C(O)=C1\C(=O)C(C)=C(O)[C@@](C)(O)C1=O. The average Bonchev–Trinajstić information content (AvgIpc) is 2.35. The van der Waals surface area contributed by atoms with Gasteiger partial charge in [-0.05, 0) is 26.8 Å². The van der Waals surface area contributed by atoms with Gasteiger partial charge >= 0.3 is 0 Å². The van der Waals surface area contributed by atoms with Gasteiger partial charge in [0.1, 0.15) is 17.1 Å². The monoisotopic (exact) mass is 264 g/mol. The van der Waals surface area contributed by atoms with Crippen LogP contribution in [0.4, 0.5) is 0 Å². The fraction of sp³-hybridized carbons (Fsp3) is 0.286. The topological polar surface area (TPSA) is 94.8 Å². The number of rotatable bonds is 2. The Labute approximate surface area is 110 Å². The van der Waals surface area contributed by atoms with Crippen LogP contribution in [0.5, 0.6) is 0 Å². The summed E-state index contributed by atoms with van der Waals surface area (Å²) < 4.78 is 0. The van der Waals surface area contributed by atoms with Gasteiger partial charge in [-0.1, -0.05) is 18.2 Å². The lowest BCUT2D eigenvalue weighted by Crippen LogP contribution is -2.45. The van der Waals surface area contributed by atoms with Crippen LogP contribution in [0.1, 0.15) is 20.8 Å². The van der Waals surface area contributed by atoms with Gasteiger partial charge in [0.15, 0.2) is 11.4 Å². The molecule has 0 aromatic carbocycles. The maximum Gasteiger partial charge on any atom is 0.209 e. The van der Waals surface area contributed by atoms with Crippen LogP contribution in [0.15, 0.2) is 47.0 Å². The van der Waals surface area contributed by atoms with Gasteiger partial charge in [0, 0.05) is 5.57 Å². The Morgan fingerprint density at radius 3 is 2.37 bits per heavy atom. The molecule has 1 rings (SSSR count). The van der Waals surface area contributed by atoms with Crippen LogP contribution in [-0.2, 0) is 9.59 Å². The van der Waals surface area contributed by atoms with Crippen LogP contribution in [0.3, 0.4) is 0 Å². The first-order valence-corrected chi connectivity index (χ1v) is 5.70. The Morgan fingerprint density at radius 2 is 1.84 bits per heavy atom. The zero-order valence-electron chi connectivity index (χ0n) is 11.0. The third-order valence-corrected chi connectivity index (χ3v) is 2.87. The van der Waals surface area contributed by atoms with Gasteiger partial charge in [-0.25, -0.2) is 0 Å². The molecular weight excluding hydrogens is 248 g/mol. The number of ketones is 2. The van der Waals surface area contributed by atoms with Crippen molar-refractivity contribution in [1.29, 1.82) is 0 Å². The van der Waals surface area contributed by atoms with Gasteiger partial charge in [-0.2, -0.15) is 0 Å². The summed E-state index contributed by atoms with van der Waals surface area (Å²) in [5.74, 6) is -3.04. The first-order chi connectivity index (χ1) is 8.75. The van der Waals surface area contributed by atoms with Gasteiger partial charge in [0.05, 0.1) is 0 Å². The van der Waals surface area contributed by atoms with E-state index in [1.165, 1.54) is 19.1 Å². The van der Waals surface area contributed by atoms with E-state index in [1.807, 2.05) is 0 Å². The molecule has 0 radical (unpaired) electrons. The van der Waals surface area contributed by atoms with Gasteiger partial charge < -0.3 is 15.3 Å². The highest BCUT2D eigenvalue weighted by atomic mass is 16.3. The van der Waals surface area contributed by atoms with Crippen LogP contribution >= 0.6 is 0 Å². The molecule has 0 fully saturated rings. The molecular formula is C14H16O5. The fourth-order valence-electron chi connectivity index (χ4n) is 1.69. The van der Waals surface area contributed by atoms with Crippen molar-refractivity contribution in [3.05, 3.63) is 47.0 Å². The van der Waals surface area contributed by atoms with Gasteiger partial charge in [-0.3, -0.25) is 9.59 Å². The summed E-state index contributed by atoms with van der Waals surface area (Å²) in [6.45, 7) is 4.12. The van der Waals surface area contributed by atoms with E-state index in [0.717, 1.165) is 6.92 Å². The molecule has 3 N–H and O–H groups in total. The number of hydrogen-bond acceptors (Lipinski definition) is 5. The van der Waals surface area contributed by atoms with E-state index in [0.29, 0.717) is 0 Å². The molecule has 0 saturated carbocycles. The molecule has 0 aromatic rings. The smallest absolute Gasteiger partial charge is 0.209 e. The normalized spacial score (nSPS) is 27.8. The van der Waals surface area contributed by atoms with Crippen molar-refractivity contribution in [1.82, 2.24) is 0 Å². The van der Waals surface area contributed by atoms with Crippen molar-refractivity contribution in [2.24, 2.45) is 0 Å². The lowest BCUT2D eigenvalue weighted by atomic mass is 9.80. The molecule has 0 bridgehead atoms. The van der Waals surface area contributed by atoms with E-state index in [9.17, 15) is 24.9 Å². The number of aliphatic hydroxyl groups excluding tert-OH is 2. The zero-order valence-corrected chi connectivity index (χ0v) is 11.0. The molecule has 5 heteroatoms. The van der Waals surface area contributed by atoms with Crippen LogP contribution in [0.25, 0.3) is 0 Å². The van der Waals surface area contributed by atoms with Crippen LogP contribution < -0.4 is 0 Å². The largest absolute Gasteiger partial charge is 0.508 e. The average molecular weight is 264 g/mol. The minimum absolute atomic E-state index is 0.161. The number of carbonyl (C=O) groups is 2. The lowest BCUT2D eigenvalue weighted by Gasteiger charge is -2.28. The molecule has 102 valence electrons. The van der Waals surface area contributed by atoms with Crippen molar-refractivity contribution in [3.8, 4) is 0 Å². The molecule has 0 spiro atoms. The summed E-state index contributed by atoms with van der Waals surface area (Å²) in [5.41, 5.74) is -2.89. The second kappa shape index (κ2) is 5.24. The molecule has 5 nitrogen and oxygen atoms in total. The molecule has 0 saturated heterocycles. The Hall–Kier alpha value is -2.14. The Morgan fingerprint density at radius 1 is 1.26 bits per heavy atom. The molecule has 0 aromatic heterocycles. The summed E-state index contributed by atoms with van der Waals surface area (Å²) in [7, 11) is 0. The lowest BCUT2D eigenvalue weighted by molar-refractivity contribution is -0.134. The van der Waals surface area contributed by atoms with Crippen LogP contribution in [0.2, 0.25) is 0 Å². The molecule has 1 aliphatic carbocycles. The van der Waals surface area contributed by atoms with E-state index in [1.54, 1.807) is 19.1 Å². The van der Waals surface area contributed by atoms with Crippen LogP contribution in [-0.4, -0.2) is 32.5 Å². The second-order valence-electron chi connectivity index (χ2n) is 4.35. The number of hydrogen-bond donors (Lipinski definition) is 3. The van der Waals surface area contributed by atoms with Crippen molar-refractivity contribution in [3.63, 3.8) is 0 Å². The molecule has 1 aliphatic rings. The van der Waals surface area contributed by atoms with Crippen molar-refractivity contribution >= 4 is 11.6 Å². The predicted octanol–water partition coefficient (Wildman–Crippen LogP) is 1.67. The highest BCUT2D eigenvalue weighted by Gasteiger charge is 2.47. The molecule has 0 unspecified atom stereocenters. The predicted molar refractivity (Wildman–Crippen MR) is 69.6 cm³/mol. The van der Waals surface area contributed by atoms with E-state index >= 15 is 0 Å². The second-order valence-corrected chi connectivity index (χ2v) is 4.35. The minimum Gasteiger partial charge on any atom is -0.508 e. The van der Waals surface area contributed by atoms with Crippen LogP contribution in [0, 0.1) is 0 Å². The third-order valence-electron chi connectivity index (χ3n) is 2.87. The van der Waals surface area contributed by atoms with Gasteiger partial charge in [0.2, 0.25) is 5.78 Å². The summed E-state index contributed by atoms with van der Waals surface area (Å²) in [4.78, 5) is 23.8. The van der Waals surface area contributed by atoms with Gasteiger partial charge in [-0.15, -0.1) is 0 Å². The van der Waals surface area contributed by atoms with E-state index in [4.69, 9.17) is 0 Å². The highest BCUT2D eigenvalue weighted by Crippen LogP contribution is 2.31. The molecule has 0 aliphatic heterocycles. The Balaban J connectivity index is 3.42. The molecule has 0 amide bonds. The Kier molecular flexibility index (Phi) is 4.11. The van der Waals surface area contributed by atoms with E-state index in [2.05, 4.69) is 0 Å². The first-order valence-electron chi connectivity index (χ1n) is 5.70. The number of aliphatic hydroxyl groups is 3. The maximum absolute atomic E-state index is 12.0. The first kappa shape index (κ1) is 14.9. The van der Waals surface area contributed by atoms with Crippen molar-refractivity contribution in [2.45, 2.75) is 26.4 Å². The standard InChI is InChI=1S/C14H16O5/c1-4-5-6-7-9(15)10-11(16)8(2)12(17)14(3,19)13(10)18/h4-7,15,17,19H,1-3H3/b5-4+,7-6+,10-9-/t14-/m1/s1. The number of Topliss-reactive ketones (excluding diaryl/α,β-unsaturated/α-hetero) is 2. The summed E-state index contributed by atoms with van der Waals surface area (Å²) in [6, 6.07) is 0. The molecule has 1 atom stereocenters. The van der Waals surface area contributed by atoms with Crippen molar-refractivity contribution < 1.29 is 24.9 Å². The molecule has 19 heavy (non-hydrogen) atoms. The minimum atomic E-state index is -2.20. The summed E-state index contributed by atoms with van der Waals surface area (Å²) >= 11 is 0. The zero-order chi connectivity index (χ0) is 14.8. The quantitative estimate of drug-likeness (QED) is 0.305. The van der Waals surface area contributed by atoms with Crippen molar-refractivity contribution in [2.75, 3.05) is 0 Å². The fourth-order valence-corrected chi connectivity index (χ4v) is 1.69. The summed E-state index contributed by atoms with van der Waals surface area (Å²) in [5, 5.41) is 29.3.